The van der Waals surface area contributed by atoms with E-state index in [4.69, 9.17) is 11.0 Å². The van der Waals surface area contributed by atoms with Crippen molar-refractivity contribution in [2.45, 2.75) is 0 Å². The molecule has 0 saturated carbocycles. The van der Waals surface area contributed by atoms with Gasteiger partial charge in [-0.3, -0.25) is 0 Å². The largest absolute Gasteiger partial charge is 0.383 e. The molecule has 0 aliphatic rings. The maximum atomic E-state index is 8.71. The number of halogens is 1. The van der Waals surface area contributed by atoms with E-state index in [0.29, 0.717) is 5.56 Å². The summed E-state index contributed by atoms with van der Waals surface area (Å²) >= 11 is 0. The minimum atomic E-state index is 0. The lowest BCUT2D eigenvalue weighted by Crippen LogP contribution is -1.95. The zero-order valence-electron chi connectivity index (χ0n) is 8.42. The lowest BCUT2D eigenvalue weighted by molar-refractivity contribution is 1.31. The van der Waals surface area contributed by atoms with Gasteiger partial charge in [0.15, 0.2) is 0 Å². The zero-order valence-corrected chi connectivity index (χ0v) is 9.24. The van der Waals surface area contributed by atoms with Crippen molar-refractivity contribution in [2.75, 3.05) is 5.73 Å². The number of nitrogen functional groups attached to an aromatic ring is 1. The Hall–Kier alpha value is -2.05. The summed E-state index contributed by atoms with van der Waals surface area (Å²) in [6, 6.07) is 15.2. The van der Waals surface area contributed by atoms with Crippen LogP contribution < -0.4 is 5.73 Å². The first-order valence-electron chi connectivity index (χ1n) is 4.53. The van der Waals surface area contributed by atoms with Gasteiger partial charge in [0.05, 0.1) is 11.3 Å². The van der Waals surface area contributed by atoms with Crippen molar-refractivity contribution >= 4 is 18.2 Å². The van der Waals surface area contributed by atoms with E-state index in [1.807, 2.05) is 36.4 Å². The molecule has 2 aromatic rings. The molecule has 0 amide bonds. The second-order valence-corrected chi connectivity index (χ2v) is 3.11. The minimum Gasteiger partial charge on any atom is -0.383 e. The number of rotatable bonds is 1. The van der Waals surface area contributed by atoms with E-state index in [2.05, 4.69) is 4.98 Å². The fourth-order valence-corrected chi connectivity index (χ4v) is 1.34. The summed E-state index contributed by atoms with van der Waals surface area (Å²) in [6.07, 6.45) is 0. The van der Waals surface area contributed by atoms with Crippen LogP contribution in [0.15, 0.2) is 42.5 Å². The van der Waals surface area contributed by atoms with Crippen LogP contribution in [0.3, 0.4) is 0 Å². The van der Waals surface area contributed by atoms with Gasteiger partial charge in [-0.2, -0.15) is 5.26 Å². The van der Waals surface area contributed by atoms with Gasteiger partial charge in [-0.05, 0) is 12.1 Å². The molecule has 0 fully saturated rings. The number of aromatic nitrogens is 1. The highest BCUT2D eigenvalue weighted by Gasteiger charge is 2.02. The Kier molecular flexibility index (Phi) is 3.87. The highest BCUT2D eigenvalue weighted by atomic mass is 35.5. The molecule has 16 heavy (non-hydrogen) atoms. The van der Waals surface area contributed by atoms with Crippen LogP contribution in [0.4, 0.5) is 5.82 Å². The Morgan fingerprint density at radius 1 is 1.06 bits per heavy atom. The number of benzene rings is 1. The molecule has 0 unspecified atom stereocenters. The number of nitrogens with two attached hydrogens (primary N) is 1. The van der Waals surface area contributed by atoms with Gasteiger partial charge in [0.2, 0.25) is 0 Å². The Morgan fingerprint density at radius 3 is 2.31 bits per heavy atom. The standard InChI is InChI=1S/C12H9N3.ClH/c13-8-10-6-7-11(15-12(10)14)9-4-2-1-3-5-9;/h1-7H,(H2,14,15);1H. The van der Waals surface area contributed by atoms with E-state index in [1.165, 1.54) is 0 Å². The third-order valence-electron chi connectivity index (χ3n) is 2.11. The normalized spacial score (nSPS) is 8.94. The predicted octanol–water partition coefficient (Wildman–Crippen LogP) is 2.62. The number of nitrogens with zero attached hydrogens (tertiary/aromatic N) is 2. The van der Waals surface area contributed by atoms with Crippen LogP contribution in [-0.2, 0) is 0 Å². The molecule has 0 bridgehead atoms. The molecular formula is C12H10ClN3. The summed E-state index contributed by atoms with van der Waals surface area (Å²) < 4.78 is 0. The van der Waals surface area contributed by atoms with Crippen molar-refractivity contribution in [3.63, 3.8) is 0 Å². The molecule has 80 valence electrons. The highest BCUT2D eigenvalue weighted by molar-refractivity contribution is 5.85. The first-order chi connectivity index (χ1) is 7.31. The SMILES string of the molecule is Cl.N#Cc1ccc(-c2ccccc2)nc1N. The van der Waals surface area contributed by atoms with E-state index < -0.39 is 0 Å². The number of anilines is 1. The maximum Gasteiger partial charge on any atom is 0.142 e. The summed E-state index contributed by atoms with van der Waals surface area (Å²) in [5.74, 6) is 0.277. The summed E-state index contributed by atoms with van der Waals surface area (Å²) in [7, 11) is 0. The molecule has 0 atom stereocenters. The van der Waals surface area contributed by atoms with Crippen LogP contribution in [0.5, 0.6) is 0 Å². The average Bonchev–Trinajstić information content (AvgIpc) is 2.30. The van der Waals surface area contributed by atoms with Crippen molar-refractivity contribution < 1.29 is 0 Å². The van der Waals surface area contributed by atoms with Crippen LogP contribution in [0.2, 0.25) is 0 Å². The molecule has 1 aromatic carbocycles. The van der Waals surface area contributed by atoms with E-state index in [1.54, 1.807) is 12.1 Å². The van der Waals surface area contributed by atoms with Crippen LogP contribution in [0.1, 0.15) is 5.56 Å². The lowest BCUT2D eigenvalue weighted by Gasteiger charge is -2.02. The van der Waals surface area contributed by atoms with Gasteiger partial charge < -0.3 is 5.73 Å². The summed E-state index contributed by atoms with van der Waals surface area (Å²) in [5.41, 5.74) is 7.83. The lowest BCUT2D eigenvalue weighted by atomic mass is 10.1. The Bertz CT molecular complexity index is 518. The molecule has 2 rings (SSSR count). The molecule has 2 N–H and O–H groups in total. The highest BCUT2D eigenvalue weighted by Crippen LogP contribution is 2.19. The van der Waals surface area contributed by atoms with Gasteiger partial charge in [0.1, 0.15) is 11.9 Å². The summed E-state index contributed by atoms with van der Waals surface area (Å²) in [5, 5.41) is 8.71. The first-order valence-corrected chi connectivity index (χ1v) is 4.53. The van der Waals surface area contributed by atoms with Crippen molar-refractivity contribution in [3.8, 4) is 17.3 Å². The van der Waals surface area contributed by atoms with Gasteiger partial charge in [-0.15, -0.1) is 12.4 Å². The Morgan fingerprint density at radius 2 is 1.75 bits per heavy atom. The van der Waals surface area contributed by atoms with Crippen LogP contribution in [-0.4, -0.2) is 4.98 Å². The molecule has 0 spiro atoms. The molecule has 0 saturated heterocycles. The molecule has 1 heterocycles. The molecule has 1 aromatic heterocycles. The Balaban J connectivity index is 0.00000128. The number of nitriles is 1. The van der Waals surface area contributed by atoms with E-state index in [0.717, 1.165) is 11.3 Å². The zero-order chi connectivity index (χ0) is 10.7. The van der Waals surface area contributed by atoms with Crippen LogP contribution in [0.25, 0.3) is 11.3 Å². The number of hydrogen-bond donors (Lipinski definition) is 1. The fraction of sp³-hybridized carbons (Fsp3) is 0. The smallest absolute Gasteiger partial charge is 0.142 e. The van der Waals surface area contributed by atoms with Gasteiger partial charge in [-0.25, -0.2) is 4.98 Å². The summed E-state index contributed by atoms with van der Waals surface area (Å²) in [4.78, 5) is 4.17. The molecule has 4 heteroatoms. The van der Waals surface area contributed by atoms with Crippen molar-refractivity contribution in [1.29, 1.82) is 5.26 Å². The maximum absolute atomic E-state index is 8.71. The molecule has 0 radical (unpaired) electrons. The van der Waals surface area contributed by atoms with Crippen LogP contribution in [0, 0.1) is 11.3 Å². The molecular weight excluding hydrogens is 222 g/mol. The van der Waals surface area contributed by atoms with Crippen molar-refractivity contribution in [2.24, 2.45) is 0 Å². The second-order valence-electron chi connectivity index (χ2n) is 3.11. The minimum absolute atomic E-state index is 0. The third kappa shape index (κ3) is 2.30. The summed E-state index contributed by atoms with van der Waals surface area (Å²) in [6.45, 7) is 0. The van der Waals surface area contributed by atoms with Gasteiger partial charge in [0.25, 0.3) is 0 Å². The van der Waals surface area contributed by atoms with Gasteiger partial charge in [-0.1, -0.05) is 30.3 Å². The van der Waals surface area contributed by atoms with E-state index in [-0.39, 0.29) is 18.2 Å². The topological polar surface area (TPSA) is 62.7 Å². The number of hydrogen-bond acceptors (Lipinski definition) is 3. The Labute approximate surface area is 100.0 Å². The van der Waals surface area contributed by atoms with Crippen molar-refractivity contribution in [1.82, 2.24) is 4.98 Å². The van der Waals surface area contributed by atoms with Crippen molar-refractivity contribution in [3.05, 3.63) is 48.0 Å². The average molecular weight is 232 g/mol. The van der Waals surface area contributed by atoms with Gasteiger partial charge in [0, 0.05) is 5.56 Å². The molecule has 0 aliphatic carbocycles. The van der Waals surface area contributed by atoms with E-state index >= 15 is 0 Å². The number of pyridine rings is 1. The monoisotopic (exact) mass is 231 g/mol. The van der Waals surface area contributed by atoms with E-state index in [9.17, 15) is 0 Å². The van der Waals surface area contributed by atoms with Crippen LogP contribution >= 0.6 is 12.4 Å². The predicted molar refractivity (Wildman–Crippen MR) is 66.0 cm³/mol. The second kappa shape index (κ2) is 5.15. The van der Waals surface area contributed by atoms with Gasteiger partial charge >= 0.3 is 0 Å². The first kappa shape index (κ1) is 12.0. The molecule has 0 aliphatic heterocycles. The third-order valence-corrected chi connectivity index (χ3v) is 2.11. The quantitative estimate of drug-likeness (QED) is 0.821. The fourth-order valence-electron chi connectivity index (χ4n) is 1.34. The molecule has 3 nitrogen and oxygen atoms in total.